The quantitative estimate of drug-likeness (QED) is 0.440. The zero-order valence-electron chi connectivity index (χ0n) is 16.3. The van der Waals surface area contributed by atoms with E-state index in [4.69, 9.17) is 4.74 Å². The number of hydrogen-bond acceptors (Lipinski definition) is 5. The highest BCUT2D eigenvalue weighted by Gasteiger charge is 2.18. The van der Waals surface area contributed by atoms with Crippen molar-refractivity contribution >= 4 is 17.6 Å². The summed E-state index contributed by atoms with van der Waals surface area (Å²) >= 11 is 0. The van der Waals surface area contributed by atoms with E-state index in [0.29, 0.717) is 23.6 Å². The van der Waals surface area contributed by atoms with Gasteiger partial charge in [-0.05, 0) is 48.7 Å². The molecule has 2 rings (SSSR count). The van der Waals surface area contributed by atoms with Crippen LogP contribution in [0.5, 0.6) is 11.5 Å². The summed E-state index contributed by atoms with van der Waals surface area (Å²) in [7, 11) is 0. The van der Waals surface area contributed by atoms with E-state index in [1.807, 2.05) is 44.2 Å². The highest BCUT2D eigenvalue weighted by molar-refractivity contribution is 6.06. The molecule has 7 nitrogen and oxygen atoms in total. The number of nitrogens with zero attached hydrogens (tertiary/aromatic N) is 1. The van der Waals surface area contributed by atoms with Crippen LogP contribution in [-0.4, -0.2) is 23.0 Å². The Morgan fingerprint density at radius 1 is 1.10 bits per heavy atom. The number of hydrogen-bond donors (Lipinski definition) is 3. The molecule has 2 aromatic rings. The van der Waals surface area contributed by atoms with E-state index in [-0.39, 0.29) is 11.5 Å². The normalized spacial score (nSPS) is 12.0. The Kier molecular flexibility index (Phi) is 7.80. The molecule has 0 aromatic heterocycles. The minimum atomic E-state index is -1.04. The van der Waals surface area contributed by atoms with Crippen molar-refractivity contribution in [3.8, 4) is 17.6 Å². The molecule has 0 aliphatic carbocycles. The van der Waals surface area contributed by atoms with Gasteiger partial charge in [0.15, 0.2) is 0 Å². The van der Waals surface area contributed by atoms with E-state index in [1.165, 1.54) is 0 Å². The maximum Gasteiger partial charge on any atom is 0.326 e. The van der Waals surface area contributed by atoms with Gasteiger partial charge < -0.3 is 20.5 Å². The number of nitrogens with one attached hydrogen (secondary N) is 2. The first-order chi connectivity index (χ1) is 13.9. The van der Waals surface area contributed by atoms with Crippen LogP contribution in [0.3, 0.4) is 0 Å². The molecule has 0 fully saturated rings. The zero-order chi connectivity index (χ0) is 21.2. The summed E-state index contributed by atoms with van der Waals surface area (Å²) in [4.78, 5) is 23.6. The van der Waals surface area contributed by atoms with Crippen LogP contribution < -0.4 is 15.4 Å². The molecule has 7 heteroatoms. The molecule has 0 bridgehead atoms. The number of nitriles is 1. The molecular formula is C22H23N3O4. The molecule has 1 unspecified atom stereocenters. The molecule has 0 heterocycles. The average molecular weight is 393 g/mol. The standard InChI is InChI=1S/C22H23N3O4/c1-15(2)12-20(22(27)28)24-14-16(13-23)21(26)25-17-8-10-19(11-9-17)29-18-6-4-3-5-7-18/h3-11,14-15,20,24H,12H2,1-2H3,(H,25,26)(H,27,28)/b16-14-. The predicted octanol–water partition coefficient (Wildman–Crippen LogP) is 3.91. The van der Waals surface area contributed by atoms with E-state index in [0.717, 1.165) is 6.20 Å². The van der Waals surface area contributed by atoms with Crippen molar-refractivity contribution in [2.24, 2.45) is 5.92 Å². The zero-order valence-corrected chi connectivity index (χ0v) is 16.3. The SMILES string of the molecule is CC(C)CC(N/C=C(/C#N)C(=O)Nc1ccc(Oc2ccccc2)cc1)C(=O)O. The van der Waals surface area contributed by atoms with Crippen molar-refractivity contribution in [2.45, 2.75) is 26.3 Å². The molecule has 0 radical (unpaired) electrons. The third kappa shape index (κ3) is 7.03. The Morgan fingerprint density at radius 2 is 1.72 bits per heavy atom. The summed E-state index contributed by atoms with van der Waals surface area (Å²) in [6.07, 6.45) is 1.51. The van der Waals surface area contributed by atoms with Gasteiger partial charge in [-0.15, -0.1) is 0 Å². The number of para-hydroxylation sites is 1. The van der Waals surface area contributed by atoms with E-state index >= 15 is 0 Å². The van der Waals surface area contributed by atoms with Gasteiger partial charge >= 0.3 is 5.97 Å². The van der Waals surface area contributed by atoms with E-state index in [9.17, 15) is 20.0 Å². The molecule has 1 amide bonds. The molecule has 0 aliphatic heterocycles. The molecular weight excluding hydrogens is 370 g/mol. The van der Waals surface area contributed by atoms with Crippen LogP contribution in [0.4, 0.5) is 5.69 Å². The fourth-order valence-corrected chi connectivity index (χ4v) is 2.47. The Morgan fingerprint density at radius 3 is 2.28 bits per heavy atom. The highest BCUT2D eigenvalue weighted by Crippen LogP contribution is 2.22. The van der Waals surface area contributed by atoms with Crippen LogP contribution >= 0.6 is 0 Å². The second-order valence-electron chi connectivity index (χ2n) is 6.75. The molecule has 150 valence electrons. The number of anilines is 1. The van der Waals surface area contributed by atoms with Gasteiger partial charge in [-0.2, -0.15) is 5.26 Å². The Balaban J connectivity index is 1.99. The third-order valence-electron chi connectivity index (χ3n) is 3.89. The lowest BCUT2D eigenvalue weighted by Crippen LogP contribution is -2.35. The Hall–Kier alpha value is -3.79. The van der Waals surface area contributed by atoms with Gasteiger partial charge in [0.05, 0.1) is 0 Å². The summed E-state index contributed by atoms with van der Waals surface area (Å²) in [5, 5.41) is 23.7. The number of rotatable bonds is 9. The van der Waals surface area contributed by atoms with E-state index < -0.39 is 17.9 Å². The number of aliphatic carboxylic acids is 1. The van der Waals surface area contributed by atoms with Gasteiger partial charge in [0, 0.05) is 11.9 Å². The lowest BCUT2D eigenvalue weighted by molar-refractivity contribution is -0.139. The summed E-state index contributed by atoms with van der Waals surface area (Å²) in [6, 6.07) is 16.9. The largest absolute Gasteiger partial charge is 0.480 e. The van der Waals surface area contributed by atoms with Crippen molar-refractivity contribution in [3.63, 3.8) is 0 Å². The number of benzene rings is 2. The van der Waals surface area contributed by atoms with Crippen LogP contribution in [0.2, 0.25) is 0 Å². The molecule has 0 aliphatic rings. The monoisotopic (exact) mass is 393 g/mol. The van der Waals surface area contributed by atoms with Crippen LogP contribution in [0, 0.1) is 17.2 Å². The summed E-state index contributed by atoms with van der Waals surface area (Å²) in [6.45, 7) is 3.79. The Labute approximate surface area is 169 Å². The van der Waals surface area contributed by atoms with Crippen molar-refractivity contribution in [2.75, 3.05) is 5.32 Å². The van der Waals surface area contributed by atoms with Gasteiger partial charge in [0.2, 0.25) is 0 Å². The summed E-state index contributed by atoms with van der Waals surface area (Å²) in [5.74, 6) is -0.232. The lowest BCUT2D eigenvalue weighted by Gasteiger charge is -2.15. The highest BCUT2D eigenvalue weighted by atomic mass is 16.5. The molecule has 0 saturated heterocycles. The molecule has 2 aromatic carbocycles. The fourth-order valence-electron chi connectivity index (χ4n) is 2.47. The van der Waals surface area contributed by atoms with Gasteiger partial charge in [0.25, 0.3) is 5.91 Å². The molecule has 3 N–H and O–H groups in total. The first-order valence-electron chi connectivity index (χ1n) is 9.12. The topological polar surface area (TPSA) is 111 Å². The number of carbonyl (C=O) groups is 2. The number of carboxylic acids is 1. The van der Waals surface area contributed by atoms with Crippen molar-refractivity contribution in [1.29, 1.82) is 5.26 Å². The fraction of sp³-hybridized carbons (Fsp3) is 0.227. The molecule has 0 saturated carbocycles. The minimum absolute atomic E-state index is 0.146. The predicted molar refractivity (Wildman–Crippen MR) is 109 cm³/mol. The smallest absolute Gasteiger partial charge is 0.326 e. The first kappa shape index (κ1) is 21.5. The summed E-state index contributed by atoms with van der Waals surface area (Å²) in [5.41, 5.74) is 0.262. The van der Waals surface area contributed by atoms with Crippen molar-refractivity contribution in [1.82, 2.24) is 5.32 Å². The van der Waals surface area contributed by atoms with E-state index in [2.05, 4.69) is 10.6 Å². The van der Waals surface area contributed by atoms with Gasteiger partial charge in [-0.3, -0.25) is 4.79 Å². The van der Waals surface area contributed by atoms with Gasteiger partial charge in [0.1, 0.15) is 29.2 Å². The maximum absolute atomic E-state index is 12.3. The minimum Gasteiger partial charge on any atom is -0.480 e. The average Bonchev–Trinajstić information content (AvgIpc) is 2.69. The van der Waals surface area contributed by atoms with Crippen LogP contribution in [0.15, 0.2) is 66.4 Å². The number of amides is 1. The number of carboxylic acid groups (broad SMARTS) is 1. The van der Waals surface area contributed by atoms with Crippen molar-refractivity contribution in [3.05, 3.63) is 66.4 Å². The first-order valence-corrected chi connectivity index (χ1v) is 9.12. The lowest BCUT2D eigenvalue weighted by atomic mass is 10.0. The molecule has 0 spiro atoms. The van der Waals surface area contributed by atoms with Crippen LogP contribution in [0.1, 0.15) is 20.3 Å². The van der Waals surface area contributed by atoms with Crippen LogP contribution in [-0.2, 0) is 9.59 Å². The Bertz CT molecular complexity index is 900. The van der Waals surface area contributed by atoms with Gasteiger partial charge in [-0.25, -0.2) is 4.79 Å². The third-order valence-corrected chi connectivity index (χ3v) is 3.89. The summed E-state index contributed by atoms with van der Waals surface area (Å²) < 4.78 is 5.68. The second-order valence-corrected chi connectivity index (χ2v) is 6.75. The second kappa shape index (κ2) is 10.5. The van der Waals surface area contributed by atoms with Crippen LogP contribution in [0.25, 0.3) is 0 Å². The van der Waals surface area contributed by atoms with E-state index in [1.54, 1.807) is 30.3 Å². The number of ether oxygens (including phenoxy) is 1. The van der Waals surface area contributed by atoms with Crippen molar-refractivity contribution < 1.29 is 19.4 Å². The maximum atomic E-state index is 12.3. The van der Waals surface area contributed by atoms with Gasteiger partial charge in [-0.1, -0.05) is 32.0 Å². The molecule has 29 heavy (non-hydrogen) atoms. The number of carbonyl (C=O) groups excluding carboxylic acids is 1. The molecule has 1 atom stereocenters.